The number of nitro groups is 1. The van der Waals surface area contributed by atoms with Crippen molar-refractivity contribution >= 4 is 23.1 Å². The van der Waals surface area contributed by atoms with Crippen LogP contribution in [0.1, 0.15) is 40.0 Å². The Bertz CT molecular complexity index is 727. The van der Waals surface area contributed by atoms with E-state index in [2.05, 4.69) is 5.32 Å². The number of amides is 1. The number of fused-ring (bicyclic) bond motifs is 2. The normalized spacial score (nSPS) is 31.2. The molecule has 0 saturated heterocycles. The van der Waals surface area contributed by atoms with Crippen LogP contribution in [0.15, 0.2) is 24.3 Å². The van der Waals surface area contributed by atoms with Gasteiger partial charge in [-0.1, -0.05) is 26.8 Å². The average Bonchev–Trinajstić information content (AvgIpc) is 2.78. The van der Waals surface area contributed by atoms with Crippen LogP contribution >= 0.6 is 0 Å². The molecule has 2 bridgehead atoms. The van der Waals surface area contributed by atoms with E-state index in [1.807, 2.05) is 20.8 Å². The first kappa shape index (κ1) is 15.6. The number of nitrogens with zero attached hydrogens (tertiary/aromatic N) is 1. The molecule has 0 spiro atoms. The van der Waals surface area contributed by atoms with Crippen LogP contribution in [0.3, 0.4) is 0 Å². The maximum absolute atomic E-state index is 12.9. The number of hydrogen-bond acceptors (Lipinski definition) is 4. The summed E-state index contributed by atoms with van der Waals surface area (Å²) in [6.45, 7) is 5.92. The molecule has 0 aromatic heterocycles. The number of carbonyl (C=O) groups excluding carboxylic acids is 2. The van der Waals surface area contributed by atoms with Crippen LogP contribution in [0.4, 0.5) is 11.4 Å². The molecular weight excluding hydrogens is 296 g/mol. The first-order chi connectivity index (χ1) is 10.6. The summed E-state index contributed by atoms with van der Waals surface area (Å²) in [7, 11) is 0. The Morgan fingerprint density at radius 3 is 2.48 bits per heavy atom. The molecule has 122 valence electrons. The van der Waals surface area contributed by atoms with Crippen molar-refractivity contribution in [3.8, 4) is 0 Å². The van der Waals surface area contributed by atoms with Crippen molar-refractivity contribution in [2.24, 2.45) is 16.2 Å². The second kappa shape index (κ2) is 4.63. The number of non-ortho nitro benzene ring substituents is 1. The smallest absolute Gasteiger partial charge is 0.271 e. The van der Waals surface area contributed by atoms with Gasteiger partial charge in [0.1, 0.15) is 5.78 Å². The van der Waals surface area contributed by atoms with Crippen LogP contribution in [-0.4, -0.2) is 16.6 Å². The summed E-state index contributed by atoms with van der Waals surface area (Å²) in [4.78, 5) is 35.7. The monoisotopic (exact) mass is 316 g/mol. The molecule has 2 saturated carbocycles. The van der Waals surface area contributed by atoms with Gasteiger partial charge in [-0.2, -0.15) is 0 Å². The number of benzene rings is 1. The molecule has 1 aromatic carbocycles. The zero-order chi connectivity index (χ0) is 17.0. The Labute approximate surface area is 134 Å². The number of carbonyl (C=O) groups is 2. The van der Waals surface area contributed by atoms with E-state index < -0.39 is 21.2 Å². The maximum Gasteiger partial charge on any atom is 0.271 e. The SMILES string of the molecule is CC12CCC(C(=O)Nc3cccc([N+](=O)[O-])c3)(CC1=O)C2(C)C. The van der Waals surface area contributed by atoms with Crippen molar-refractivity contribution in [1.29, 1.82) is 0 Å². The number of Topliss-reactive ketones (excluding diaryl/α,β-unsaturated/α-hetero) is 1. The van der Waals surface area contributed by atoms with Gasteiger partial charge in [0.05, 0.1) is 10.3 Å². The lowest BCUT2D eigenvalue weighted by molar-refractivity contribution is -0.384. The van der Waals surface area contributed by atoms with E-state index in [0.717, 1.165) is 0 Å². The molecule has 23 heavy (non-hydrogen) atoms. The minimum Gasteiger partial charge on any atom is -0.325 e. The lowest BCUT2D eigenvalue weighted by atomic mass is 9.64. The molecule has 2 aliphatic rings. The van der Waals surface area contributed by atoms with Gasteiger partial charge in [0.25, 0.3) is 5.69 Å². The molecule has 6 nitrogen and oxygen atoms in total. The third kappa shape index (κ3) is 1.87. The van der Waals surface area contributed by atoms with Gasteiger partial charge in [-0.15, -0.1) is 0 Å². The molecule has 2 aliphatic carbocycles. The minimum atomic E-state index is -0.733. The molecule has 0 heterocycles. The van der Waals surface area contributed by atoms with Crippen molar-refractivity contribution in [2.45, 2.75) is 40.0 Å². The number of nitrogens with one attached hydrogen (secondary N) is 1. The molecule has 1 aromatic rings. The number of rotatable bonds is 3. The molecule has 2 atom stereocenters. The Hall–Kier alpha value is -2.24. The van der Waals surface area contributed by atoms with E-state index in [4.69, 9.17) is 0 Å². The number of hydrogen-bond donors (Lipinski definition) is 1. The van der Waals surface area contributed by atoms with E-state index in [0.29, 0.717) is 18.5 Å². The van der Waals surface area contributed by atoms with Crippen molar-refractivity contribution < 1.29 is 14.5 Å². The quantitative estimate of drug-likeness (QED) is 0.684. The van der Waals surface area contributed by atoms with E-state index in [9.17, 15) is 19.7 Å². The fourth-order valence-corrected chi connectivity index (χ4v) is 4.31. The second-order valence-electron chi connectivity index (χ2n) is 7.40. The second-order valence-corrected chi connectivity index (χ2v) is 7.40. The third-order valence-corrected chi connectivity index (χ3v) is 6.45. The van der Waals surface area contributed by atoms with Gasteiger partial charge in [0, 0.05) is 29.7 Å². The van der Waals surface area contributed by atoms with Crippen LogP contribution in [-0.2, 0) is 9.59 Å². The van der Waals surface area contributed by atoms with Crippen LogP contribution in [0.5, 0.6) is 0 Å². The summed E-state index contributed by atoms with van der Waals surface area (Å²) in [5, 5.41) is 13.7. The summed E-state index contributed by atoms with van der Waals surface area (Å²) >= 11 is 0. The van der Waals surface area contributed by atoms with Gasteiger partial charge >= 0.3 is 0 Å². The first-order valence-electron chi connectivity index (χ1n) is 7.73. The van der Waals surface area contributed by atoms with E-state index in [1.54, 1.807) is 6.07 Å². The molecule has 1 amide bonds. The summed E-state index contributed by atoms with van der Waals surface area (Å²) in [6.07, 6.45) is 1.63. The number of ketones is 1. The van der Waals surface area contributed by atoms with Crippen molar-refractivity contribution in [3.63, 3.8) is 0 Å². The van der Waals surface area contributed by atoms with Crippen molar-refractivity contribution in [2.75, 3.05) is 5.32 Å². The molecule has 2 unspecified atom stereocenters. The summed E-state index contributed by atoms with van der Waals surface area (Å²) in [6, 6.07) is 5.88. The van der Waals surface area contributed by atoms with Crippen LogP contribution in [0, 0.1) is 26.4 Å². The fraction of sp³-hybridized carbons (Fsp3) is 0.529. The predicted octanol–water partition coefficient (Wildman–Crippen LogP) is 3.32. The van der Waals surface area contributed by atoms with E-state index in [-0.39, 0.29) is 23.8 Å². The molecule has 2 fully saturated rings. The van der Waals surface area contributed by atoms with Gasteiger partial charge in [-0.3, -0.25) is 19.7 Å². The molecular formula is C17H20N2O4. The largest absolute Gasteiger partial charge is 0.325 e. The Balaban J connectivity index is 1.91. The summed E-state index contributed by atoms with van der Waals surface area (Å²) in [5.41, 5.74) is -1.31. The minimum absolute atomic E-state index is 0.0710. The molecule has 1 N–H and O–H groups in total. The van der Waals surface area contributed by atoms with Crippen LogP contribution in [0.25, 0.3) is 0 Å². The lowest BCUT2D eigenvalue weighted by Crippen LogP contribution is -2.43. The first-order valence-corrected chi connectivity index (χ1v) is 7.73. The highest BCUT2D eigenvalue weighted by Crippen LogP contribution is 2.70. The Morgan fingerprint density at radius 2 is 1.96 bits per heavy atom. The van der Waals surface area contributed by atoms with Gasteiger partial charge < -0.3 is 5.32 Å². The van der Waals surface area contributed by atoms with Crippen molar-refractivity contribution in [3.05, 3.63) is 34.4 Å². The number of anilines is 1. The highest BCUT2D eigenvalue weighted by atomic mass is 16.6. The van der Waals surface area contributed by atoms with Gasteiger partial charge in [-0.05, 0) is 24.3 Å². The van der Waals surface area contributed by atoms with Crippen LogP contribution in [0.2, 0.25) is 0 Å². The van der Waals surface area contributed by atoms with Crippen LogP contribution < -0.4 is 5.32 Å². The van der Waals surface area contributed by atoms with E-state index >= 15 is 0 Å². The zero-order valence-corrected chi connectivity index (χ0v) is 13.5. The molecule has 0 aliphatic heterocycles. The van der Waals surface area contributed by atoms with Gasteiger partial charge in [-0.25, -0.2) is 0 Å². The highest BCUT2D eigenvalue weighted by molar-refractivity contribution is 6.04. The predicted molar refractivity (Wildman–Crippen MR) is 84.9 cm³/mol. The molecule has 3 rings (SSSR count). The highest BCUT2D eigenvalue weighted by Gasteiger charge is 2.72. The Kier molecular flexibility index (Phi) is 3.15. The lowest BCUT2D eigenvalue weighted by Gasteiger charge is -2.38. The standard InChI is InChI=1S/C17H20N2O4/c1-15(2)16(3)7-8-17(15,10-13(16)20)14(21)18-11-5-4-6-12(9-11)19(22)23/h4-6,9H,7-8,10H2,1-3H3,(H,18,21). The maximum atomic E-state index is 12.9. The number of nitro benzene ring substituents is 1. The third-order valence-electron chi connectivity index (χ3n) is 6.45. The Morgan fingerprint density at radius 1 is 1.26 bits per heavy atom. The molecule has 6 heteroatoms. The summed E-state index contributed by atoms with van der Waals surface area (Å²) < 4.78 is 0. The average molecular weight is 316 g/mol. The fourth-order valence-electron chi connectivity index (χ4n) is 4.31. The topological polar surface area (TPSA) is 89.3 Å². The van der Waals surface area contributed by atoms with Crippen molar-refractivity contribution in [1.82, 2.24) is 0 Å². The van der Waals surface area contributed by atoms with Gasteiger partial charge in [0.15, 0.2) is 0 Å². The molecule has 0 radical (unpaired) electrons. The zero-order valence-electron chi connectivity index (χ0n) is 13.5. The summed E-state index contributed by atoms with van der Waals surface area (Å²) in [5.74, 6) is -0.0690. The van der Waals surface area contributed by atoms with E-state index in [1.165, 1.54) is 18.2 Å². The van der Waals surface area contributed by atoms with Gasteiger partial charge in [0.2, 0.25) is 5.91 Å².